The molecule has 110 valence electrons. The van der Waals surface area contributed by atoms with Gasteiger partial charge in [0.25, 0.3) is 5.91 Å². The van der Waals surface area contributed by atoms with Crippen molar-refractivity contribution in [2.75, 3.05) is 14.2 Å². The van der Waals surface area contributed by atoms with E-state index in [-0.39, 0.29) is 17.0 Å². The molecule has 0 radical (unpaired) electrons. The summed E-state index contributed by atoms with van der Waals surface area (Å²) in [4.78, 5) is 22.9. The quantitative estimate of drug-likeness (QED) is 0.839. The van der Waals surface area contributed by atoms with Crippen LogP contribution in [0.25, 0.3) is 0 Å². The zero-order valence-corrected chi connectivity index (χ0v) is 12.2. The van der Waals surface area contributed by atoms with Crippen LogP contribution in [0.4, 0.5) is 0 Å². The molecule has 1 amide bonds. The molecule has 0 aromatic heterocycles. The Kier molecular flexibility index (Phi) is 5.64. The zero-order valence-electron chi connectivity index (χ0n) is 11.4. The van der Waals surface area contributed by atoms with Crippen LogP contribution in [0.15, 0.2) is 12.1 Å². The Morgan fingerprint density at radius 1 is 1.35 bits per heavy atom. The van der Waals surface area contributed by atoms with Gasteiger partial charge in [-0.15, -0.1) is 0 Å². The molecule has 1 aromatic carbocycles. The highest BCUT2D eigenvalue weighted by Crippen LogP contribution is 2.35. The maximum Gasteiger partial charge on any atom is 0.326 e. The highest BCUT2D eigenvalue weighted by atomic mass is 35.5. The number of carbonyl (C=O) groups excluding carboxylic acids is 1. The SMILES string of the molecule is CC[C@@H](NC(=O)c1cc(Cl)c(OC)c(OC)c1)C(=O)O. The molecular formula is C13H16ClNO5. The lowest BCUT2D eigenvalue weighted by Gasteiger charge is -2.14. The summed E-state index contributed by atoms with van der Waals surface area (Å²) in [6.45, 7) is 1.67. The number of carboxylic acid groups (broad SMARTS) is 1. The van der Waals surface area contributed by atoms with E-state index in [1.54, 1.807) is 6.92 Å². The van der Waals surface area contributed by atoms with E-state index < -0.39 is 17.9 Å². The fourth-order valence-electron chi connectivity index (χ4n) is 1.63. The number of halogens is 1. The van der Waals surface area contributed by atoms with Crippen LogP contribution in [0.3, 0.4) is 0 Å². The Labute approximate surface area is 121 Å². The van der Waals surface area contributed by atoms with Crippen molar-refractivity contribution in [2.24, 2.45) is 0 Å². The standard InChI is InChI=1S/C13H16ClNO5/c1-4-9(13(17)18)15-12(16)7-5-8(14)11(20-3)10(6-7)19-2/h5-6,9H,4H2,1-3H3,(H,15,16)(H,17,18)/t9-/m1/s1. The molecule has 0 unspecified atom stereocenters. The topological polar surface area (TPSA) is 84.9 Å². The molecule has 0 saturated carbocycles. The van der Waals surface area contributed by atoms with Crippen LogP contribution in [0.2, 0.25) is 5.02 Å². The summed E-state index contributed by atoms with van der Waals surface area (Å²) < 4.78 is 10.1. The van der Waals surface area contributed by atoms with Crippen LogP contribution < -0.4 is 14.8 Å². The van der Waals surface area contributed by atoms with Crippen molar-refractivity contribution in [3.63, 3.8) is 0 Å². The van der Waals surface area contributed by atoms with Crippen LogP contribution in [0.5, 0.6) is 11.5 Å². The molecule has 0 aliphatic heterocycles. The van der Waals surface area contributed by atoms with Gasteiger partial charge in [0.15, 0.2) is 11.5 Å². The van der Waals surface area contributed by atoms with Crippen LogP contribution >= 0.6 is 11.6 Å². The predicted octanol–water partition coefficient (Wildman–Crippen LogP) is 1.95. The molecule has 0 saturated heterocycles. The van der Waals surface area contributed by atoms with E-state index in [0.717, 1.165) is 0 Å². The maximum absolute atomic E-state index is 12.0. The fourth-order valence-corrected chi connectivity index (χ4v) is 1.92. The number of benzene rings is 1. The van der Waals surface area contributed by atoms with E-state index >= 15 is 0 Å². The normalized spacial score (nSPS) is 11.6. The summed E-state index contributed by atoms with van der Waals surface area (Å²) in [5.74, 6) is -1.01. The molecule has 0 fully saturated rings. The summed E-state index contributed by atoms with van der Waals surface area (Å²) in [6.07, 6.45) is 0.280. The molecule has 0 heterocycles. The van der Waals surface area contributed by atoms with E-state index in [4.69, 9.17) is 26.2 Å². The average molecular weight is 302 g/mol. The lowest BCUT2D eigenvalue weighted by Crippen LogP contribution is -2.40. The van der Waals surface area contributed by atoms with Crippen LogP contribution in [-0.2, 0) is 4.79 Å². The molecule has 0 spiro atoms. The van der Waals surface area contributed by atoms with Gasteiger partial charge in [0.2, 0.25) is 0 Å². The number of ether oxygens (including phenoxy) is 2. The number of carboxylic acids is 1. The van der Waals surface area contributed by atoms with Crippen molar-refractivity contribution in [3.05, 3.63) is 22.7 Å². The number of carbonyl (C=O) groups is 2. The number of nitrogens with one attached hydrogen (secondary N) is 1. The lowest BCUT2D eigenvalue weighted by atomic mass is 10.1. The molecule has 1 rings (SSSR count). The minimum absolute atomic E-state index is 0.201. The van der Waals surface area contributed by atoms with Gasteiger partial charge in [-0.25, -0.2) is 4.79 Å². The monoisotopic (exact) mass is 301 g/mol. The Balaban J connectivity index is 3.05. The first kappa shape index (κ1) is 16.1. The Morgan fingerprint density at radius 3 is 2.45 bits per heavy atom. The number of methoxy groups -OCH3 is 2. The van der Waals surface area contributed by atoms with Gasteiger partial charge in [-0.05, 0) is 18.6 Å². The third kappa shape index (κ3) is 3.54. The first-order valence-corrected chi connectivity index (χ1v) is 6.27. The van der Waals surface area contributed by atoms with Crippen LogP contribution in [-0.4, -0.2) is 37.2 Å². The summed E-state index contributed by atoms with van der Waals surface area (Å²) in [6, 6.07) is 1.89. The fraction of sp³-hybridized carbons (Fsp3) is 0.385. The number of hydrogen-bond donors (Lipinski definition) is 2. The smallest absolute Gasteiger partial charge is 0.326 e. The molecule has 6 nitrogen and oxygen atoms in total. The molecule has 1 atom stereocenters. The minimum Gasteiger partial charge on any atom is -0.493 e. The second-order valence-electron chi connectivity index (χ2n) is 3.97. The van der Waals surface area contributed by atoms with Gasteiger partial charge in [0, 0.05) is 5.56 Å². The highest BCUT2D eigenvalue weighted by molar-refractivity contribution is 6.32. The number of rotatable bonds is 6. The highest BCUT2D eigenvalue weighted by Gasteiger charge is 2.20. The number of aliphatic carboxylic acids is 1. The van der Waals surface area contributed by atoms with E-state index in [1.165, 1.54) is 26.4 Å². The third-order valence-corrected chi connectivity index (χ3v) is 2.99. The zero-order chi connectivity index (χ0) is 15.3. The van der Waals surface area contributed by atoms with Crippen molar-refractivity contribution >= 4 is 23.5 Å². The van der Waals surface area contributed by atoms with Crippen molar-refractivity contribution in [3.8, 4) is 11.5 Å². The summed E-state index contributed by atoms with van der Waals surface area (Å²) in [5.41, 5.74) is 0.201. The summed E-state index contributed by atoms with van der Waals surface area (Å²) in [7, 11) is 2.85. The van der Waals surface area contributed by atoms with E-state index in [1.807, 2.05) is 0 Å². The van der Waals surface area contributed by atoms with Gasteiger partial charge in [-0.2, -0.15) is 0 Å². The second kappa shape index (κ2) is 7.00. The van der Waals surface area contributed by atoms with Gasteiger partial charge in [0.05, 0.1) is 19.2 Å². The lowest BCUT2D eigenvalue weighted by molar-refractivity contribution is -0.139. The molecular weight excluding hydrogens is 286 g/mol. The molecule has 7 heteroatoms. The first-order chi connectivity index (χ1) is 9.44. The molecule has 20 heavy (non-hydrogen) atoms. The molecule has 0 bridgehead atoms. The largest absolute Gasteiger partial charge is 0.493 e. The van der Waals surface area contributed by atoms with Gasteiger partial charge >= 0.3 is 5.97 Å². The Morgan fingerprint density at radius 2 is 2.00 bits per heavy atom. The third-order valence-electron chi connectivity index (χ3n) is 2.71. The molecule has 0 aliphatic carbocycles. The number of hydrogen-bond acceptors (Lipinski definition) is 4. The van der Waals surface area contributed by atoms with E-state index in [0.29, 0.717) is 11.5 Å². The average Bonchev–Trinajstić information content (AvgIpc) is 2.42. The Bertz CT molecular complexity index is 518. The molecule has 2 N–H and O–H groups in total. The minimum atomic E-state index is -1.09. The van der Waals surface area contributed by atoms with Crippen molar-refractivity contribution in [2.45, 2.75) is 19.4 Å². The summed E-state index contributed by atoms with van der Waals surface area (Å²) >= 11 is 5.99. The van der Waals surface area contributed by atoms with Crippen LogP contribution in [0.1, 0.15) is 23.7 Å². The summed E-state index contributed by atoms with van der Waals surface area (Å²) in [5, 5.41) is 11.5. The van der Waals surface area contributed by atoms with Crippen molar-refractivity contribution in [1.29, 1.82) is 0 Å². The maximum atomic E-state index is 12.0. The molecule has 0 aliphatic rings. The molecule has 1 aromatic rings. The Hall–Kier alpha value is -1.95. The van der Waals surface area contributed by atoms with Gasteiger partial charge in [0.1, 0.15) is 6.04 Å². The second-order valence-corrected chi connectivity index (χ2v) is 4.37. The van der Waals surface area contributed by atoms with Gasteiger partial charge in [-0.1, -0.05) is 18.5 Å². The first-order valence-electron chi connectivity index (χ1n) is 5.89. The van der Waals surface area contributed by atoms with Crippen LogP contribution in [0, 0.1) is 0 Å². The van der Waals surface area contributed by atoms with Crippen molar-refractivity contribution in [1.82, 2.24) is 5.32 Å². The van der Waals surface area contributed by atoms with Crippen molar-refractivity contribution < 1.29 is 24.2 Å². The van der Waals surface area contributed by atoms with Gasteiger partial charge < -0.3 is 19.9 Å². The van der Waals surface area contributed by atoms with E-state index in [9.17, 15) is 9.59 Å². The van der Waals surface area contributed by atoms with E-state index in [2.05, 4.69) is 5.32 Å². The van der Waals surface area contributed by atoms with Gasteiger partial charge in [-0.3, -0.25) is 4.79 Å². The number of amides is 1. The predicted molar refractivity (Wildman–Crippen MR) is 73.7 cm³/mol.